The number of nitrogens with zero attached hydrogens (tertiary/aromatic N) is 2. The maximum absolute atomic E-state index is 12.1. The minimum absolute atomic E-state index is 0.115. The largest absolute Gasteiger partial charge is 0.288 e. The van der Waals surface area contributed by atoms with Crippen molar-refractivity contribution in [2.75, 3.05) is 0 Å². The van der Waals surface area contributed by atoms with Gasteiger partial charge in [-0.3, -0.25) is 19.9 Å². The summed E-state index contributed by atoms with van der Waals surface area (Å²) in [6, 6.07) is 20.2. The molecule has 0 radical (unpaired) electrons. The zero-order valence-corrected chi connectivity index (χ0v) is 12.2. The Labute approximate surface area is 133 Å². The average Bonchev–Trinajstić information content (AvgIpc) is 2.64. The van der Waals surface area contributed by atoms with Gasteiger partial charge in [-0.15, -0.1) is 0 Å². The predicted octanol–water partition coefficient (Wildman–Crippen LogP) is 3.91. The summed E-state index contributed by atoms with van der Waals surface area (Å²) in [4.78, 5) is 26.1. The lowest BCUT2D eigenvalue weighted by atomic mass is 10.0. The number of carbonyl (C=O) groups is 1. The summed E-state index contributed by atoms with van der Waals surface area (Å²) in [6.45, 7) is 0. The number of hydrogen-bond acceptors (Lipinski definition) is 4. The van der Waals surface area contributed by atoms with Crippen molar-refractivity contribution in [2.24, 2.45) is 0 Å². The summed E-state index contributed by atoms with van der Waals surface area (Å²) in [6.07, 6.45) is 3.50. The number of ketones is 1. The SMILES string of the molecule is O=C(c1ccccc1)c1ccccc1[N+](=O)[O-].c1ccncc1. The molecule has 3 rings (SSSR count). The number of nitro groups is 1. The highest BCUT2D eigenvalue weighted by Gasteiger charge is 2.19. The Bertz CT molecular complexity index is 748. The third-order valence-electron chi connectivity index (χ3n) is 2.95. The van der Waals surface area contributed by atoms with E-state index in [-0.39, 0.29) is 17.0 Å². The molecule has 0 atom stereocenters. The third-order valence-corrected chi connectivity index (χ3v) is 2.95. The molecule has 3 aromatic rings. The fourth-order valence-corrected chi connectivity index (χ4v) is 1.88. The fraction of sp³-hybridized carbons (Fsp3) is 0. The van der Waals surface area contributed by atoms with E-state index in [1.54, 1.807) is 54.9 Å². The highest BCUT2D eigenvalue weighted by molar-refractivity contribution is 6.11. The van der Waals surface area contributed by atoms with Crippen LogP contribution >= 0.6 is 0 Å². The number of rotatable bonds is 3. The maximum Gasteiger partial charge on any atom is 0.280 e. The first-order valence-electron chi connectivity index (χ1n) is 6.88. The Hall–Kier alpha value is -3.34. The van der Waals surface area contributed by atoms with Gasteiger partial charge in [-0.25, -0.2) is 0 Å². The Morgan fingerprint density at radius 1 is 0.826 bits per heavy atom. The van der Waals surface area contributed by atoms with Crippen molar-refractivity contribution < 1.29 is 9.72 Å². The van der Waals surface area contributed by atoms with Crippen LogP contribution in [0, 0.1) is 10.1 Å². The Kier molecular flexibility index (Phi) is 5.71. The van der Waals surface area contributed by atoms with E-state index in [1.807, 2.05) is 18.2 Å². The molecule has 5 heteroatoms. The smallest absolute Gasteiger partial charge is 0.280 e. The molecule has 0 spiro atoms. The van der Waals surface area contributed by atoms with Crippen LogP contribution < -0.4 is 0 Å². The summed E-state index contributed by atoms with van der Waals surface area (Å²) in [5.41, 5.74) is 0.395. The zero-order valence-electron chi connectivity index (χ0n) is 12.2. The minimum atomic E-state index is -0.545. The van der Waals surface area contributed by atoms with Crippen LogP contribution in [0.5, 0.6) is 0 Å². The lowest BCUT2D eigenvalue weighted by Gasteiger charge is -2.01. The van der Waals surface area contributed by atoms with E-state index in [9.17, 15) is 14.9 Å². The van der Waals surface area contributed by atoms with Gasteiger partial charge in [0.25, 0.3) is 5.69 Å². The van der Waals surface area contributed by atoms with E-state index in [1.165, 1.54) is 12.1 Å². The molecule has 0 unspecified atom stereocenters. The van der Waals surface area contributed by atoms with Crippen LogP contribution in [0.25, 0.3) is 0 Å². The van der Waals surface area contributed by atoms with Crippen molar-refractivity contribution in [3.63, 3.8) is 0 Å². The quantitative estimate of drug-likeness (QED) is 0.418. The van der Waals surface area contributed by atoms with Gasteiger partial charge in [-0.2, -0.15) is 0 Å². The number of hydrogen-bond donors (Lipinski definition) is 0. The topological polar surface area (TPSA) is 73.1 Å². The predicted molar refractivity (Wildman–Crippen MR) is 87.2 cm³/mol. The van der Waals surface area contributed by atoms with Crippen LogP contribution in [0.3, 0.4) is 0 Å². The van der Waals surface area contributed by atoms with Crippen LogP contribution in [0.15, 0.2) is 85.2 Å². The Balaban J connectivity index is 0.000000268. The van der Waals surface area contributed by atoms with Gasteiger partial charge in [0.2, 0.25) is 0 Å². The van der Waals surface area contributed by atoms with E-state index >= 15 is 0 Å². The van der Waals surface area contributed by atoms with Gasteiger partial charge in [0.05, 0.1) is 4.92 Å². The second-order valence-corrected chi connectivity index (χ2v) is 4.49. The summed E-state index contributed by atoms with van der Waals surface area (Å²) in [5, 5.41) is 10.8. The molecule has 0 fully saturated rings. The van der Waals surface area contributed by atoms with Gasteiger partial charge in [-0.1, -0.05) is 48.5 Å². The van der Waals surface area contributed by atoms with Crippen molar-refractivity contribution in [2.45, 2.75) is 0 Å². The van der Waals surface area contributed by atoms with Crippen molar-refractivity contribution in [1.82, 2.24) is 4.98 Å². The monoisotopic (exact) mass is 306 g/mol. The molecule has 0 bridgehead atoms. The molecule has 114 valence electrons. The number of nitro benzene ring substituents is 1. The highest BCUT2D eigenvalue weighted by atomic mass is 16.6. The number of aromatic nitrogens is 1. The molecule has 1 heterocycles. The first-order chi connectivity index (χ1) is 11.2. The molecule has 0 aliphatic carbocycles. The van der Waals surface area contributed by atoms with Gasteiger partial charge in [0.1, 0.15) is 5.56 Å². The molecule has 0 aliphatic rings. The summed E-state index contributed by atoms with van der Waals surface area (Å²) in [5.74, 6) is -0.335. The standard InChI is InChI=1S/C13H9NO3.C5H5N/c15-13(10-6-2-1-3-7-10)11-8-4-5-9-12(11)14(16)17;1-2-4-6-5-3-1/h1-9H;1-5H. The third kappa shape index (κ3) is 4.57. The van der Waals surface area contributed by atoms with Crippen molar-refractivity contribution in [3.8, 4) is 0 Å². The minimum Gasteiger partial charge on any atom is -0.288 e. The van der Waals surface area contributed by atoms with Crippen LogP contribution in [-0.4, -0.2) is 15.7 Å². The summed E-state index contributed by atoms with van der Waals surface area (Å²) < 4.78 is 0. The lowest BCUT2D eigenvalue weighted by Crippen LogP contribution is -2.04. The van der Waals surface area contributed by atoms with E-state index < -0.39 is 4.92 Å². The molecule has 0 aliphatic heterocycles. The van der Waals surface area contributed by atoms with Crippen molar-refractivity contribution in [1.29, 1.82) is 0 Å². The highest BCUT2D eigenvalue weighted by Crippen LogP contribution is 2.20. The number of benzene rings is 2. The van der Waals surface area contributed by atoms with Gasteiger partial charge in [-0.05, 0) is 18.2 Å². The van der Waals surface area contributed by atoms with Gasteiger partial charge in [0, 0.05) is 24.0 Å². The fourth-order valence-electron chi connectivity index (χ4n) is 1.88. The van der Waals surface area contributed by atoms with E-state index in [4.69, 9.17) is 0 Å². The van der Waals surface area contributed by atoms with E-state index in [2.05, 4.69) is 4.98 Å². The molecule has 1 aromatic heterocycles. The van der Waals surface area contributed by atoms with Crippen molar-refractivity contribution in [3.05, 3.63) is 106 Å². The van der Waals surface area contributed by atoms with Crippen LogP contribution in [0.1, 0.15) is 15.9 Å². The van der Waals surface area contributed by atoms with Gasteiger partial charge >= 0.3 is 0 Å². The average molecular weight is 306 g/mol. The molecule has 2 aromatic carbocycles. The maximum atomic E-state index is 12.1. The first kappa shape index (κ1) is 16.0. The van der Waals surface area contributed by atoms with E-state index in [0.717, 1.165) is 0 Å². The summed E-state index contributed by atoms with van der Waals surface area (Å²) in [7, 11) is 0. The molecule has 0 saturated heterocycles. The van der Waals surface area contributed by atoms with Crippen LogP contribution in [-0.2, 0) is 0 Å². The lowest BCUT2D eigenvalue weighted by molar-refractivity contribution is -0.385. The molecule has 0 N–H and O–H groups in total. The van der Waals surface area contributed by atoms with Gasteiger partial charge < -0.3 is 0 Å². The molecule has 5 nitrogen and oxygen atoms in total. The molecule has 23 heavy (non-hydrogen) atoms. The summed E-state index contributed by atoms with van der Waals surface area (Å²) >= 11 is 0. The first-order valence-corrected chi connectivity index (χ1v) is 6.88. The second-order valence-electron chi connectivity index (χ2n) is 4.49. The number of carbonyl (C=O) groups excluding carboxylic acids is 1. The van der Waals surface area contributed by atoms with Crippen LogP contribution in [0.2, 0.25) is 0 Å². The molecule has 0 amide bonds. The molecule has 0 saturated carbocycles. The number of para-hydroxylation sites is 1. The Morgan fingerprint density at radius 3 is 1.91 bits per heavy atom. The van der Waals surface area contributed by atoms with Gasteiger partial charge in [0.15, 0.2) is 5.78 Å². The number of pyridine rings is 1. The second kappa shape index (κ2) is 8.19. The van der Waals surface area contributed by atoms with E-state index in [0.29, 0.717) is 5.56 Å². The molecular weight excluding hydrogens is 292 g/mol. The van der Waals surface area contributed by atoms with Crippen molar-refractivity contribution >= 4 is 11.5 Å². The zero-order chi connectivity index (χ0) is 16.5. The normalized spacial score (nSPS) is 9.39. The molecular formula is C18H14N2O3. The van der Waals surface area contributed by atoms with Crippen LogP contribution in [0.4, 0.5) is 5.69 Å². The Morgan fingerprint density at radius 2 is 1.39 bits per heavy atom.